The van der Waals surface area contributed by atoms with Gasteiger partial charge in [0.15, 0.2) is 0 Å². The maximum Gasteiger partial charge on any atom is 1.00 e. The first-order chi connectivity index (χ1) is 7.25. The first kappa shape index (κ1) is 20.5. The number of carboxylic acids is 4. The van der Waals surface area contributed by atoms with Gasteiger partial charge in [0.1, 0.15) is 0 Å². The lowest BCUT2D eigenvalue weighted by molar-refractivity contribution is -0.143. The summed E-state index contributed by atoms with van der Waals surface area (Å²) in [4.78, 5) is 38.4. The Hall–Kier alpha value is -1.95. The van der Waals surface area contributed by atoms with E-state index in [2.05, 4.69) is 0 Å². The Morgan fingerprint density at radius 2 is 1.00 bits per heavy atom. The molecule has 0 heterocycles. The molecule has 0 amide bonds. The van der Waals surface area contributed by atoms with Gasteiger partial charge < -0.3 is 20.4 Å². The smallest absolute Gasteiger partial charge is 0.481 e. The van der Waals surface area contributed by atoms with Gasteiger partial charge in [0, 0.05) is 12.2 Å². The van der Waals surface area contributed by atoms with Gasteiger partial charge in [-0.25, -0.2) is 9.59 Å². The molecule has 0 aromatic carbocycles. The van der Waals surface area contributed by atoms with Crippen molar-refractivity contribution in [2.24, 2.45) is 0 Å². The van der Waals surface area contributed by atoms with Gasteiger partial charge in [-0.1, -0.05) is 0 Å². The molecule has 9 heteroatoms. The fourth-order valence-corrected chi connectivity index (χ4v) is 0.356. The Balaban J connectivity index is -0.0000000980. The summed E-state index contributed by atoms with van der Waals surface area (Å²) in [6, 6.07) is 0. The summed E-state index contributed by atoms with van der Waals surface area (Å²) in [6.07, 6.45) is 0.523. The molecule has 1 atom stereocenters. The summed E-state index contributed by atoms with van der Waals surface area (Å²) < 4.78 is 0. The molecular formula is C8H14O8P+. The summed E-state index contributed by atoms with van der Waals surface area (Å²) in [5.41, 5.74) is 0. The molecular weight excluding hydrogens is 255 g/mol. The van der Waals surface area contributed by atoms with Gasteiger partial charge in [-0.2, -0.15) is 9.90 Å². The van der Waals surface area contributed by atoms with E-state index in [4.69, 9.17) is 20.4 Å². The Morgan fingerprint density at radius 3 is 1.12 bits per heavy atom. The molecule has 0 bridgehead atoms. The lowest BCUT2D eigenvalue weighted by Gasteiger charge is -1.85. The second-order valence-corrected chi connectivity index (χ2v) is 2.30. The Kier molecular flexibility index (Phi) is 14.6. The normalized spacial score (nSPS) is 8.47. The Labute approximate surface area is 101 Å². The molecule has 4 N–H and O–H groups in total. The molecule has 0 saturated heterocycles. The summed E-state index contributed by atoms with van der Waals surface area (Å²) in [5.74, 6) is -4.67. The maximum absolute atomic E-state index is 9.64. The van der Waals surface area contributed by atoms with Crippen LogP contribution < -0.4 is 0 Å². The van der Waals surface area contributed by atoms with Gasteiger partial charge in [-0.3, -0.25) is 9.59 Å². The highest BCUT2D eigenvalue weighted by Gasteiger charge is 2.00. The van der Waals surface area contributed by atoms with Crippen molar-refractivity contribution >= 4 is 33.8 Å². The fraction of sp³-hybridized carbons (Fsp3) is 0.250. The molecule has 0 aliphatic heterocycles. The van der Waals surface area contributed by atoms with Crippen molar-refractivity contribution in [3.05, 3.63) is 12.2 Å². The van der Waals surface area contributed by atoms with E-state index < -0.39 is 23.9 Å². The Bertz CT molecular complexity index is 284. The van der Waals surface area contributed by atoms with Crippen LogP contribution in [-0.2, 0) is 19.2 Å². The molecule has 98 valence electrons. The largest absolute Gasteiger partial charge is 1.00 e. The van der Waals surface area contributed by atoms with Gasteiger partial charge in [-0.15, -0.1) is 0 Å². The molecule has 0 aliphatic rings. The van der Waals surface area contributed by atoms with Crippen LogP contribution in [0.4, 0.5) is 0 Å². The van der Waals surface area contributed by atoms with Crippen LogP contribution >= 0.6 is 9.90 Å². The molecule has 0 rings (SSSR count). The number of aliphatic carboxylic acids is 4. The average Bonchev–Trinajstić information content (AvgIpc) is 2.12. The zero-order chi connectivity index (χ0) is 13.1. The molecule has 0 aliphatic carbocycles. The molecule has 1 unspecified atom stereocenters. The van der Waals surface area contributed by atoms with Crippen molar-refractivity contribution in [3.63, 3.8) is 0 Å². The SMILES string of the molecule is O=C(O)/C=C\C(=O)O.O=C(O)CCC(=O)O.P.[H+]. The van der Waals surface area contributed by atoms with E-state index in [1.807, 2.05) is 0 Å². The van der Waals surface area contributed by atoms with Crippen LogP contribution in [0.1, 0.15) is 14.3 Å². The molecule has 0 aromatic rings. The average molecular weight is 269 g/mol. The molecule has 0 spiro atoms. The van der Waals surface area contributed by atoms with Crippen LogP contribution in [0.15, 0.2) is 12.2 Å². The highest BCUT2D eigenvalue weighted by molar-refractivity contribution is 6.92. The van der Waals surface area contributed by atoms with Crippen molar-refractivity contribution in [1.82, 2.24) is 0 Å². The van der Waals surface area contributed by atoms with Gasteiger partial charge >= 0.3 is 25.3 Å². The third-order valence-corrected chi connectivity index (χ3v) is 0.921. The van der Waals surface area contributed by atoms with E-state index in [-0.39, 0.29) is 24.2 Å². The minimum Gasteiger partial charge on any atom is -0.481 e. The standard InChI is InChI=1S/C4H6O4.C4H4O4.H3P/c2*5-3(6)1-2-4(7)8;/h1-2H2,(H,5,6)(H,7,8);1-2H,(H,5,6)(H,7,8);1H3/p+1/b;2-1-;. The number of rotatable bonds is 5. The van der Waals surface area contributed by atoms with Crippen LogP contribution in [0.25, 0.3) is 0 Å². The quantitative estimate of drug-likeness (QED) is 0.396. The van der Waals surface area contributed by atoms with Crippen molar-refractivity contribution < 1.29 is 41.0 Å². The Morgan fingerprint density at radius 1 is 0.765 bits per heavy atom. The van der Waals surface area contributed by atoms with Gasteiger partial charge in [0.05, 0.1) is 12.8 Å². The molecule has 0 aromatic heterocycles. The maximum atomic E-state index is 9.64. The van der Waals surface area contributed by atoms with Crippen molar-refractivity contribution in [2.45, 2.75) is 12.8 Å². The highest BCUT2D eigenvalue weighted by Crippen LogP contribution is 1.86. The molecule has 0 fully saturated rings. The predicted octanol–water partition coefficient (Wildman–Crippen LogP) is -0.182. The first-order valence-corrected chi connectivity index (χ1v) is 3.83. The van der Waals surface area contributed by atoms with Crippen molar-refractivity contribution in [1.29, 1.82) is 0 Å². The number of carboxylic acid groups (broad SMARTS) is 4. The zero-order valence-corrected chi connectivity index (χ0v) is 10.1. The molecule has 8 nitrogen and oxygen atoms in total. The van der Waals surface area contributed by atoms with Crippen LogP contribution in [-0.4, -0.2) is 44.3 Å². The van der Waals surface area contributed by atoms with Gasteiger partial charge in [0.2, 0.25) is 0 Å². The number of hydrogen-bond donors (Lipinski definition) is 4. The van der Waals surface area contributed by atoms with E-state index in [0.717, 1.165) is 0 Å². The first-order valence-electron chi connectivity index (χ1n) is 3.83. The summed E-state index contributed by atoms with van der Waals surface area (Å²) in [6.45, 7) is 0. The van der Waals surface area contributed by atoms with E-state index in [1.54, 1.807) is 0 Å². The summed E-state index contributed by atoms with van der Waals surface area (Å²) in [5, 5.41) is 31.4. The molecule has 17 heavy (non-hydrogen) atoms. The second kappa shape index (κ2) is 12.1. The van der Waals surface area contributed by atoms with Crippen LogP contribution in [0.2, 0.25) is 0 Å². The zero-order valence-electron chi connectivity index (χ0n) is 9.70. The summed E-state index contributed by atoms with van der Waals surface area (Å²) >= 11 is 0. The van der Waals surface area contributed by atoms with Gasteiger partial charge in [-0.05, 0) is 0 Å². The van der Waals surface area contributed by atoms with Crippen LogP contribution in [0.5, 0.6) is 0 Å². The third kappa shape index (κ3) is 31.5. The lowest BCUT2D eigenvalue weighted by atomic mass is 10.3. The minimum atomic E-state index is -1.26. The second-order valence-electron chi connectivity index (χ2n) is 2.30. The van der Waals surface area contributed by atoms with Crippen molar-refractivity contribution in [3.8, 4) is 0 Å². The number of hydrogen-bond acceptors (Lipinski definition) is 4. The van der Waals surface area contributed by atoms with Crippen LogP contribution in [0.3, 0.4) is 0 Å². The fourth-order valence-electron chi connectivity index (χ4n) is 0.356. The van der Waals surface area contributed by atoms with E-state index in [1.165, 1.54) is 0 Å². The third-order valence-electron chi connectivity index (χ3n) is 0.921. The van der Waals surface area contributed by atoms with Crippen LogP contribution in [0, 0.1) is 0 Å². The lowest BCUT2D eigenvalue weighted by Crippen LogP contribution is -2.00. The monoisotopic (exact) mass is 269 g/mol. The van der Waals surface area contributed by atoms with E-state index in [9.17, 15) is 19.2 Å². The van der Waals surface area contributed by atoms with E-state index >= 15 is 0 Å². The predicted molar refractivity (Wildman–Crippen MR) is 61.1 cm³/mol. The van der Waals surface area contributed by atoms with Gasteiger partial charge in [0.25, 0.3) is 0 Å². The van der Waals surface area contributed by atoms with Crippen molar-refractivity contribution in [2.75, 3.05) is 0 Å². The molecule has 0 radical (unpaired) electrons. The molecule has 0 saturated carbocycles. The number of carbonyl (C=O) groups is 4. The highest BCUT2D eigenvalue weighted by atomic mass is 31.0. The van der Waals surface area contributed by atoms with E-state index in [0.29, 0.717) is 12.2 Å². The minimum absolute atomic E-state index is 0. The topological polar surface area (TPSA) is 149 Å². The summed E-state index contributed by atoms with van der Waals surface area (Å²) in [7, 11) is 0.